The number of nitrogens with zero attached hydrogens (tertiary/aromatic N) is 1. The molecule has 0 aromatic heterocycles. The first kappa shape index (κ1) is 10.9. The molecule has 13 heavy (non-hydrogen) atoms. The fourth-order valence-corrected chi connectivity index (χ4v) is 1.86. The Morgan fingerprint density at radius 2 is 2.31 bits per heavy atom. The maximum absolute atomic E-state index is 9.03. The highest BCUT2D eigenvalue weighted by Gasteiger charge is 2.32. The number of aliphatic hydroxyl groups excluding tert-OH is 1. The molecule has 1 atom stereocenters. The molecule has 1 heterocycles. The van der Waals surface area contributed by atoms with Crippen molar-refractivity contribution in [1.82, 2.24) is 4.90 Å². The smallest absolute Gasteiger partial charge is 0.0940 e. The van der Waals surface area contributed by atoms with Crippen LogP contribution in [-0.4, -0.2) is 54.5 Å². The Kier molecular flexibility index (Phi) is 3.67. The van der Waals surface area contributed by atoms with E-state index in [-0.39, 0.29) is 18.3 Å². The molecule has 78 valence electrons. The first-order valence-corrected chi connectivity index (χ1v) is 4.78. The van der Waals surface area contributed by atoms with Gasteiger partial charge >= 0.3 is 0 Å². The van der Waals surface area contributed by atoms with Gasteiger partial charge in [-0.25, -0.2) is 0 Å². The van der Waals surface area contributed by atoms with E-state index in [1.165, 1.54) is 0 Å². The summed E-state index contributed by atoms with van der Waals surface area (Å²) in [5, 5.41) is 9.03. The summed E-state index contributed by atoms with van der Waals surface area (Å²) in [5.41, 5.74) is 5.32. The van der Waals surface area contributed by atoms with Crippen molar-refractivity contribution < 1.29 is 9.84 Å². The lowest BCUT2D eigenvalue weighted by molar-refractivity contribution is -0.148. The molecule has 4 nitrogen and oxygen atoms in total. The van der Waals surface area contributed by atoms with Crippen molar-refractivity contribution in [1.29, 1.82) is 0 Å². The van der Waals surface area contributed by atoms with E-state index in [4.69, 9.17) is 15.6 Å². The van der Waals surface area contributed by atoms with E-state index >= 15 is 0 Å². The van der Waals surface area contributed by atoms with Gasteiger partial charge in [-0.05, 0) is 13.8 Å². The van der Waals surface area contributed by atoms with Gasteiger partial charge in [0.25, 0.3) is 0 Å². The van der Waals surface area contributed by atoms with Crippen molar-refractivity contribution in [2.24, 2.45) is 5.73 Å². The highest BCUT2D eigenvalue weighted by atomic mass is 16.5. The standard InChI is InChI=1S/C9H20N2O2/c1-9(2)7-11(4-3-10)5-8(6-12)13-9/h8,12H,3-7,10H2,1-2H3. The maximum atomic E-state index is 9.03. The van der Waals surface area contributed by atoms with E-state index in [0.29, 0.717) is 6.54 Å². The fraction of sp³-hybridized carbons (Fsp3) is 1.00. The summed E-state index contributed by atoms with van der Waals surface area (Å²) < 4.78 is 5.67. The highest BCUT2D eigenvalue weighted by Crippen LogP contribution is 2.20. The lowest BCUT2D eigenvalue weighted by Crippen LogP contribution is -2.54. The minimum Gasteiger partial charge on any atom is -0.394 e. The summed E-state index contributed by atoms with van der Waals surface area (Å²) >= 11 is 0. The van der Waals surface area contributed by atoms with Crippen molar-refractivity contribution in [3.8, 4) is 0 Å². The molecule has 1 rings (SSSR count). The number of rotatable bonds is 3. The Labute approximate surface area is 79.7 Å². The average Bonchev–Trinajstić information content (AvgIpc) is 2.02. The monoisotopic (exact) mass is 188 g/mol. The van der Waals surface area contributed by atoms with Crippen molar-refractivity contribution >= 4 is 0 Å². The fourth-order valence-electron chi connectivity index (χ4n) is 1.86. The molecular weight excluding hydrogens is 168 g/mol. The van der Waals surface area contributed by atoms with E-state index in [1.807, 2.05) is 13.8 Å². The van der Waals surface area contributed by atoms with Gasteiger partial charge in [0, 0.05) is 26.2 Å². The van der Waals surface area contributed by atoms with Gasteiger partial charge in [-0.2, -0.15) is 0 Å². The number of ether oxygens (including phenoxy) is 1. The minimum absolute atomic E-state index is 0.0599. The molecule has 1 aliphatic rings. The third-order valence-corrected chi connectivity index (χ3v) is 2.20. The Morgan fingerprint density at radius 3 is 2.85 bits per heavy atom. The molecular formula is C9H20N2O2. The molecule has 1 fully saturated rings. The van der Waals surface area contributed by atoms with Crippen LogP contribution in [0.25, 0.3) is 0 Å². The number of morpholine rings is 1. The highest BCUT2D eigenvalue weighted by molar-refractivity contribution is 4.83. The van der Waals surface area contributed by atoms with Gasteiger partial charge < -0.3 is 15.6 Å². The topological polar surface area (TPSA) is 58.7 Å². The quantitative estimate of drug-likeness (QED) is 0.622. The molecule has 0 aromatic rings. The molecule has 4 heteroatoms. The van der Waals surface area contributed by atoms with Crippen LogP contribution in [0.4, 0.5) is 0 Å². The molecule has 0 aromatic carbocycles. The zero-order valence-electron chi connectivity index (χ0n) is 8.49. The van der Waals surface area contributed by atoms with E-state index in [9.17, 15) is 0 Å². The van der Waals surface area contributed by atoms with Crippen molar-refractivity contribution in [2.75, 3.05) is 32.8 Å². The molecule has 0 bridgehead atoms. The number of aliphatic hydroxyl groups is 1. The van der Waals surface area contributed by atoms with Gasteiger partial charge in [0.15, 0.2) is 0 Å². The summed E-state index contributed by atoms with van der Waals surface area (Å²) in [6, 6.07) is 0. The second-order valence-electron chi connectivity index (χ2n) is 4.21. The van der Waals surface area contributed by atoms with E-state index in [1.54, 1.807) is 0 Å². The summed E-state index contributed by atoms with van der Waals surface area (Å²) in [6.07, 6.45) is -0.0599. The van der Waals surface area contributed by atoms with Gasteiger partial charge in [0.1, 0.15) is 0 Å². The van der Waals surface area contributed by atoms with Crippen LogP contribution < -0.4 is 5.73 Å². The molecule has 1 unspecified atom stereocenters. The maximum Gasteiger partial charge on any atom is 0.0940 e. The zero-order chi connectivity index (χ0) is 9.90. The first-order valence-electron chi connectivity index (χ1n) is 4.78. The van der Waals surface area contributed by atoms with E-state index in [0.717, 1.165) is 19.6 Å². The predicted molar refractivity (Wildman–Crippen MR) is 51.5 cm³/mol. The normalized spacial score (nSPS) is 29.1. The second kappa shape index (κ2) is 4.37. The summed E-state index contributed by atoms with van der Waals surface area (Å²) in [7, 11) is 0. The van der Waals surface area contributed by atoms with Crippen LogP contribution in [0.2, 0.25) is 0 Å². The molecule has 0 spiro atoms. The molecule has 0 amide bonds. The van der Waals surface area contributed by atoms with Crippen molar-refractivity contribution in [3.63, 3.8) is 0 Å². The first-order chi connectivity index (χ1) is 6.07. The number of hydrogen-bond acceptors (Lipinski definition) is 4. The SMILES string of the molecule is CC1(C)CN(CCN)CC(CO)O1. The van der Waals surface area contributed by atoms with Crippen LogP contribution >= 0.6 is 0 Å². The van der Waals surface area contributed by atoms with Crippen LogP contribution in [0.3, 0.4) is 0 Å². The summed E-state index contributed by atoms with van der Waals surface area (Å²) in [5.74, 6) is 0. The van der Waals surface area contributed by atoms with Crippen LogP contribution in [0.1, 0.15) is 13.8 Å². The summed E-state index contributed by atoms with van der Waals surface area (Å²) in [6.45, 7) is 7.39. The lowest BCUT2D eigenvalue weighted by Gasteiger charge is -2.42. The average molecular weight is 188 g/mol. The van der Waals surface area contributed by atoms with Crippen LogP contribution in [0, 0.1) is 0 Å². The van der Waals surface area contributed by atoms with Gasteiger partial charge in [-0.3, -0.25) is 4.90 Å². The van der Waals surface area contributed by atoms with E-state index < -0.39 is 0 Å². The molecule has 0 aliphatic carbocycles. The van der Waals surface area contributed by atoms with Crippen molar-refractivity contribution in [3.05, 3.63) is 0 Å². The third kappa shape index (κ3) is 3.23. The Balaban J connectivity index is 2.49. The van der Waals surface area contributed by atoms with Gasteiger partial charge in [0.05, 0.1) is 18.3 Å². The van der Waals surface area contributed by atoms with Crippen LogP contribution in [0.15, 0.2) is 0 Å². The van der Waals surface area contributed by atoms with Crippen LogP contribution in [-0.2, 0) is 4.74 Å². The van der Waals surface area contributed by atoms with Gasteiger partial charge in [-0.15, -0.1) is 0 Å². The Bertz CT molecular complexity index is 162. The summed E-state index contributed by atoms with van der Waals surface area (Å²) in [4.78, 5) is 2.24. The predicted octanol–water partition coefficient (Wildman–Crippen LogP) is -0.583. The molecule has 3 N–H and O–H groups in total. The largest absolute Gasteiger partial charge is 0.394 e. The lowest BCUT2D eigenvalue weighted by atomic mass is 10.1. The molecule has 0 saturated carbocycles. The zero-order valence-corrected chi connectivity index (χ0v) is 8.49. The van der Waals surface area contributed by atoms with E-state index in [2.05, 4.69) is 4.90 Å². The third-order valence-electron chi connectivity index (χ3n) is 2.20. The second-order valence-corrected chi connectivity index (χ2v) is 4.21. The molecule has 1 saturated heterocycles. The van der Waals surface area contributed by atoms with Gasteiger partial charge in [-0.1, -0.05) is 0 Å². The van der Waals surface area contributed by atoms with Crippen molar-refractivity contribution in [2.45, 2.75) is 25.6 Å². The minimum atomic E-state index is -0.166. The Morgan fingerprint density at radius 1 is 1.62 bits per heavy atom. The number of hydrogen-bond donors (Lipinski definition) is 2. The molecule has 1 aliphatic heterocycles. The van der Waals surface area contributed by atoms with Crippen LogP contribution in [0.5, 0.6) is 0 Å². The number of nitrogens with two attached hydrogens (primary N) is 1. The van der Waals surface area contributed by atoms with Gasteiger partial charge in [0.2, 0.25) is 0 Å². The Hall–Kier alpha value is -0.160. The molecule has 0 radical (unpaired) electrons.